The molecule has 0 radical (unpaired) electrons. The van der Waals surface area contributed by atoms with E-state index in [1.165, 1.54) is 19.1 Å². The third-order valence-electron chi connectivity index (χ3n) is 2.37. The lowest BCUT2D eigenvalue weighted by atomic mass is 10.1. The number of hydrogen-bond acceptors (Lipinski definition) is 4. The molecule has 0 saturated heterocycles. The van der Waals surface area contributed by atoms with Gasteiger partial charge in [0.05, 0.1) is 4.92 Å². The molecular weight excluding hydrogens is 240 g/mol. The molecule has 1 unspecified atom stereocenters. The van der Waals surface area contributed by atoms with Crippen molar-refractivity contribution >= 4 is 23.3 Å². The molecule has 0 bridgehead atoms. The summed E-state index contributed by atoms with van der Waals surface area (Å²) in [6.45, 7) is 2.89. The van der Waals surface area contributed by atoms with E-state index in [1.54, 1.807) is 13.0 Å². The van der Waals surface area contributed by atoms with Crippen LogP contribution in [0.1, 0.15) is 12.5 Å². The minimum atomic E-state index is -1.29. The van der Waals surface area contributed by atoms with Gasteiger partial charge in [-0.25, -0.2) is 0 Å². The molecule has 7 heteroatoms. The van der Waals surface area contributed by atoms with E-state index in [-0.39, 0.29) is 11.4 Å². The highest BCUT2D eigenvalue weighted by Crippen LogP contribution is 2.25. The fourth-order valence-corrected chi connectivity index (χ4v) is 1.25. The first-order chi connectivity index (χ1) is 8.32. The number of nitro benzene ring substituents is 1. The van der Waals surface area contributed by atoms with Gasteiger partial charge in [-0.3, -0.25) is 19.7 Å². The second-order valence-electron chi connectivity index (χ2n) is 3.83. The molecule has 18 heavy (non-hydrogen) atoms. The number of rotatable bonds is 4. The molecule has 0 saturated carbocycles. The average Bonchev–Trinajstić information content (AvgIpc) is 2.29. The summed E-state index contributed by atoms with van der Waals surface area (Å²) in [5.74, 6) is -3.36. The lowest BCUT2D eigenvalue weighted by Gasteiger charge is -2.09. The molecule has 1 rings (SSSR count). The van der Waals surface area contributed by atoms with Crippen LogP contribution in [0.15, 0.2) is 18.2 Å². The number of carbonyl (C=O) groups excluding carboxylic acids is 1. The zero-order valence-corrected chi connectivity index (χ0v) is 9.84. The zero-order chi connectivity index (χ0) is 13.9. The number of carboxylic acids is 1. The van der Waals surface area contributed by atoms with E-state index >= 15 is 0 Å². The van der Waals surface area contributed by atoms with Gasteiger partial charge in [-0.1, -0.05) is 6.07 Å². The molecule has 0 aliphatic carbocycles. The molecule has 1 aromatic carbocycles. The number of anilines is 1. The molecule has 1 atom stereocenters. The first-order valence-electron chi connectivity index (χ1n) is 5.11. The number of aryl methyl sites for hydroxylation is 1. The summed E-state index contributed by atoms with van der Waals surface area (Å²) >= 11 is 0. The largest absolute Gasteiger partial charge is 0.481 e. The van der Waals surface area contributed by atoms with E-state index in [4.69, 9.17) is 5.11 Å². The molecule has 7 nitrogen and oxygen atoms in total. The summed E-state index contributed by atoms with van der Waals surface area (Å²) < 4.78 is 0. The van der Waals surface area contributed by atoms with Crippen LogP contribution in [-0.4, -0.2) is 21.9 Å². The van der Waals surface area contributed by atoms with Gasteiger partial charge < -0.3 is 10.4 Å². The summed E-state index contributed by atoms with van der Waals surface area (Å²) in [5, 5.41) is 21.7. The van der Waals surface area contributed by atoms with Gasteiger partial charge in [-0.2, -0.15) is 0 Å². The van der Waals surface area contributed by atoms with Gasteiger partial charge >= 0.3 is 5.97 Å². The predicted molar refractivity (Wildman–Crippen MR) is 63.3 cm³/mol. The summed E-state index contributed by atoms with van der Waals surface area (Å²) in [4.78, 5) is 32.3. The fourth-order valence-electron chi connectivity index (χ4n) is 1.25. The topological polar surface area (TPSA) is 110 Å². The Morgan fingerprint density at radius 1 is 1.44 bits per heavy atom. The number of amides is 1. The van der Waals surface area contributed by atoms with Crippen molar-refractivity contribution in [1.29, 1.82) is 0 Å². The van der Waals surface area contributed by atoms with Gasteiger partial charge in [0, 0.05) is 6.07 Å². The van der Waals surface area contributed by atoms with Crippen LogP contribution in [0.5, 0.6) is 0 Å². The first kappa shape index (κ1) is 13.6. The number of carboxylic acid groups (broad SMARTS) is 1. The lowest BCUT2D eigenvalue weighted by Crippen LogP contribution is -2.27. The first-order valence-corrected chi connectivity index (χ1v) is 5.11. The van der Waals surface area contributed by atoms with Gasteiger partial charge in [-0.05, 0) is 25.5 Å². The Balaban J connectivity index is 3.01. The van der Waals surface area contributed by atoms with Crippen molar-refractivity contribution in [3.63, 3.8) is 0 Å². The standard InChI is InChI=1S/C11H12N2O5/c1-6-3-4-8(9(5-6)13(17)18)12-10(14)7(2)11(15)16/h3-5,7H,1-2H3,(H,12,14)(H,15,16). The van der Waals surface area contributed by atoms with Crippen LogP contribution in [-0.2, 0) is 9.59 Å². The average molecular weight is 252 g/mol. The molecule has 1 aromatic rings. The van der Waals surface area contributed by atoms with Crippen LogP contribution < -0.4 is 5.32 Å². The van der Waals surface area contributed by atoms with Crippen LogP contribution in [0.25, 0.3) is 0 Å². The maximum atomic E-state index is 11.5. The fraction of sp³-hybridized carbons (Fsp3) is 0.273. The third-order valence-corrected chi connectivity index (χ3v) is 2.37. The minimum absolute atomic E-state index is 0.0105. The van der Waals surface area contributed by atoms with Gasteiger partial charge in [-0.15, -0.1) is 0 Å². The Morgan fingerprint density at radius 3 is 2.56 bits per heavy atom. The lowest BCUT2D eigenvalue weighted by molar-refractivity contribution is -0.384. The van der Waals surface area contributed by atoms with Gasteiger partial charge in [0.25, 0.3) is 5.69 Å². The quantitative estimate of drug-likeness (QED) is 0.480. The monoisotopic (exact) mass is 252 g/mol. The number of nitrogens with zero attached hydrogens (tertiary/aromatic N) is 1. The Bertz CT molecular complexity index is 512. The second kappa shape index (κ2) is 5.26. The molecule has 0 fully saturated rings. The number of benzene rings is 1. The summed E-state index contributed by atoms with van der Waals surface area (Å²) in [6.07, 6.45) is 0. The normalized spacial score (nSPS) is 11.7. The van der Waals surface area contributed by atoms with Crippen molar-refractivity contribution in [3.8, 4) is 0 Å². The predicted octanol–water partition coefficient (Wildman–Crippen LogP) is 1.56. The van der Waals surface area contributed by atoms with Crippen molar-refractivity contribution in [2.45, 2.75) is 13.8 Å². The highest BCUT2D eigenvalue weighted by molar-refractivity contribution is 6.04. The molecule has 0 aliphatic rings. The molecule has 0 heterocycles. The summed E-state index contributed by atoms with van der Waals surface area (Å²) in [7, 11) is 0. The highest BCUT2D eigenvalue weighted by Gasteiger charge is 2.23. The maximum Gasteiger partial charge on any atom is 0.315 e. The van der Waals surface area contributed by atoms with E-state index in [0.29, 0.717) is 5.56 Å². The maximum absolute atomic E-state index is 11.5. The molecular formula is C11H12N2O5. The molecule has 0 spiro atoms. The molecule has 96 valence electrons. The van der Waals surface area contributed by atoms with Crippen molar-refractivity contribution in [2.75, 3.05) is 5.32 Å². The number of hydrogen-bond donors (Lipinski definition) is 2. The van der Waals surface area contributed by atoms with Crippen molar-refractivity contribution in [1.82, 2.24) is 0 Å². The second-order valence-corrected chi connectivity index (χ2v) is 3.83. The highest BCUT2D eigenvalue weighted by atomic mass is 16.6. The number of nitro groups is 1. The van der Waals surface area contributed by atoms with E-state index in [9.17, 15) is 19.7 Å². The van der Waals surface area contributed by atoms with Crippen LogP contribution >= 0.6 is 0 Å². The molecule has 0 aliphatic heterocycles. The Kier molecular flexibility index (Phi) is 3.98. The van der Waals surface area contributed by atoms with Gasteiger partial charge in [0.15, 0.2) is 0 Å². The van der Waals surface area contributed by atoms with E-state index < -0.39 is 22.7 Å². The minimum Gasteiger partial charge on any atom is -0.481 e. The van der Waals surface area contributed by atoms with Crippen LogP contribution in [0.2, 0.25) is 0 Å². The van der Waals surface area contributed by atoms with Gasteiger partial charge in [0.1, 0.15) is 11.6 Å². The van der Waals surface area contributed by atoms with E-state index in [2.05, 4.69) is 5.32 Å². The smallest absolute Gasteiger partial charge is 0.315 e. The van der Waals surface area contributed by atoms with Gasteiger partial charge in [0.2, 0.25) is 5.91 Å². The Labute approximate surface area is 103 Å². The third kappa shape index (κ3) is 3.03. The molecule has 2 N–H and O–H groups in total. The van der Waals surface area contributed by atoms with Crippen molar-refractivity contribution < 1.29 is 19.6 Å². The van der Waals surface area contributed by atoms with Crippen LogP contribution in [0.3, 0.4) is 0 Å². The van der Waals surface area contributed by atoms with Crippen molar-refractivity contribution in [2.24, 2.45) is 5.92 Å². The molecule has 0 aromatic heterocycles. The summed E-state index contributed by atoms with van der Waals surface area (Å²) in [5.41, 5.74) is 0.399. The number of carbonyl (C=O) groups is 2. The zero-order valence-electron chi connectivity index (χ0n) is 9.84. The van der Waals surface area contributed by atoms with Crippen LogP contribution in [0, 0.1) is 23.0 Å². The van der Waals surface area contributed by atoms with E-state index in [1.807, 2.05) is 0 Å². The van der Waals surface area contributed by atoms with E-state index in [0.717, 1.165) is 0 Å². The SMILES string of the molecule is Cc1ccc(NC(=O)C(C)C(=O)O)c([N+](=O)[O-])c1. The van der Waals surface area contributed by atoms with Crippen LogP contribution in [0.4, 0.5) is 11.4 Å². The molecule has 1 amide bonds. The Hall–Kier alpha value is -2.44. The number of nitrogens with one attached hydrogen (secondary N) is 1. The number of aliphatic carboxylic acids is 1. The Morgan fingerprint density at radius 2 is 2.06 bits per heavy atom. The summed E-state index contributed by atoms with van der Waals surface area (Å²) in [6, 6.07) is 4.27. The van der Waals surface area contributed by atoms with Crippen molar-refractivity contribution in [3.05, 3.63) is 33.9 Å².